The monoisotopic (exact) mass is 223 g/mol. The number of likely N-dealkylation sites (tertiary alicyclic amines) is 1. The minimum absolute atomic E-state index is 0.0194. The molecule has 5 nitrogen and oxygen atoms in total. The van der Waals surface area contributed by atoms with E-state index in [4.69, 9.17) is 4.52 Å². The van der Waals surface area contributed by atoms with E-state index in [9.17, 15) is 4.79 Å². The van der Waals surface area contributed by atoms with Crippen LogP contribution in [0.1, 0.15) is 24.8 Å². The molecule has 1 atom stereocenters. The quantitative estimate of drug-likeness (QED) is 0.816. The largest absolute Gasteiger partial charge is 0.359 e. The van der Waals surface area contributed by atoms with E-state index in [0.29, 0.717) is 6.54 Å². The second-order valence-corrected chi connectivity index (χ2v) is 4.09. The number of amides is 1. The van der Waals surface area contributed by atoms with Gasteiger partial charge < -0.3 is 14.7 Å². The maximum Gasteiger partial charge on any atom is 0.240 e. The molecule has 0 aliphatic carbocycles. The van der Waals surface area contributed by atoms with Crippen molar-refractivity contribution < 1.29 is 9.32 Å². The Kier molecular flexibility index (Phi) is 3.24. The van der Waals surface area contributed by atoms with Crippen LogP contribution in [0.5, 0.6) is 0 Å². The molecule has 0 aromatic carbocycles. The van der Waals surface area contributed by atoms with Crippen LogP contribution < -0.4 is 5.32 Å². The van der Waals surface area contributed by atoms with Gasteiger partial charge in [-0.2, -0.15) is 0 Å². The van der Waals surface area contributed by atoms with E-state index in [-0.39, 0.29) is 11.9 Å². The highest BCUT2D eigenvalue weighted by Gasteiger charge is 2.31. The predicted octanol–water partition coefficient (Wildman–Crippen LogP) is 0.693. The number of rotatable bonds is 4. The van der Waals surface area contributed by atoms with E-state index in [2.05, 4.69) is 10.5 Å². The lowest BCUT2D eigenvalue weighted by Crippen LogP contribution is -2.37. The predicted molar refractivity (Wildman–Crippen MR) is 58.7 cm³/mol. The second kappa shape index (κ2) is 4.65. The van der Waals surface area contributed by atoms with Crippen molar-refractivity contribution >= 4 is 5.91 Å². The van der Waals surface area contributed by atoms with Gasteiger partial charge in [-0.15, -0.1) is 0 Å². The standard InChI is InChI=1S/C11H17N3O2/c1-3-12-10-4-5-14(11(10)15)7-9-6-8(2)13-16-9/h6,10,12H,3-5,7H2,1-2H3. The minimum Gasteiger partial charge on any atom is -0.359 e. The van der Waals surface area contributed by atoms with Gasteiger partial charge in [0.25, 0.3) is 0 Å². The third-order valence-electron chi connectivity index (χ3n) is 2.77. The molecule has 0 saturated carbocycles. The van der Waals surface area contributed by atoms with Crippen molar-refractivity contribution in [3.63, 3.8) is 0 Å². The van der Waals surface area contributed by atoms with Crippen molar-refractivity contribution in [3.05, 3.63) is 17.5 Å². The molecule has 1 aliphatic heterocycles. The van der Waals surface area contributed by atoms with Gasteiger partial charge in [0.05, 0.1) is 18.3 Å². The third kappa shape index (κ3) is 2.24. The van der Waals surface area contributed by atoms with E-state index in [1.54, 1.807) is 0 Å². The highest BCUT2D eigenvalue weighted by Crippen LogP contribution is 2.15. The van der Waals surface area contributed by atoms with E-state index in [1.807, 2.05) is 24.8 Å². The smallest absolute Gasteiger partial charge is 0.240 e. The molecule has 5 heteroatoms. The SMILES string of the molecule is CCNC1CCN(Cc2cc(C)no2)C1=O. The molecule has 0 radical (unpaired) electrons. The Morgan fingerprint density at radius 1 is 1.69 bits per heavy atom. The van der Waals surface area contributed by atoms with Crippen LogP contribution in [-0.4, -0.2) is 35.1 Å². The first kappa shape index (κ1) is 11.1. The van der Waals surface area contributed by atoms with E-state index in [1.165, 1.54) is 0 Å². The van der Waals surface area contributed by atoms with Crippen LogP contribution in [0.15, 0.2) is 10.6 Å². The zero-order valence-electron chi connectivity index (χ0n) is 9.69. The summed E-state index contributed by atoms with van der Waals surface area (Å²) >= 11 is 0. The third-order valence-corrected chi connectivity index (χ3v) is 2.77. The molecule has 2 rings (SSSR count). The van der Waals surface area contributed by atoms with Gasteiger partial charge in [0.15, 0.2) is 5.76 Å². The zero-order valence-corrected chi connectivity index (χ0v) is 9.69. The molecule has 88 valence electrons. The van der Waals surface area contributed by atoms with Gasteiger partial charge in [0.2, 0.25) is 5.91 Å². The molecule has 1 aromatic rings. The highest BCUT2D eigenvalue weighted by atomic mass is 16.5. The topological polar surface area (TPSA) is 58.4 Å². The van der Waals surface area contributed by atoms with Gasteiger partial charge in [0, 0.05) is 12.6 Å². The van der Waals surface area contributed by atoms with Crippen LogP contribution >= 0.6 is 0 Å². The Labute approximate surface area is 94.8 Å². The average Bonchev–Trinajstić information content (AvgIpc) is 2.80. The van der Waals surface area contributed by atoms with Gasteiger partial charge in [0.1, 0.15) is 0 Å². The molecule has 2 heterocycles. The van der Waals surface area contributed by atoms with Gasteiger partial charge >= 0.3 is 0 Å². The number of hydrogen-bond acceptors (Lipinski definition) is 4. The summed E-state index contributed by atoms with van der Waals surface area (Å²) < 4.78 is 5.11. The lowest BCUT2D eigenvalue weighted by Gasteiger charge is -2.14. The number of nitrogens with zero attached hydrogens (tertiary/aromatic N) is 2. The van der Waals surface area contributed by atoms with Gasteiger partial charge in [-0.1, -0.05) is 12.1 Å². The Morgan fingerprint density at radius 3 is 3.12 bits per heavy atom. The summed E-state index contributed by atoms with van der Waals surface area (Å²) in [5.74, 6) is 0.916. The summed E-state index contributed by atoms with van der Waals surface area (Å²) in [6, 6.07) is 1.85. The first-order valence-electron chi connectivity index (χ1n) is 5.65. The van der Waals surface area contributed by atoms with Crippen LogP contribution in [0.4, 0.5) is 0 Å². The molecule has 0 bridgehead atoms. The van der Waals surface area contributed by atoms with E-state index < -0.39 is 0 Å². The Hall–Kier alpha value is -1.36. The molecule has 1 aliphatic rings. The molecule has 1 N–H and O–H groups in total. The van der Waals surface area contributed by atoms with Crippen molar-refractivity contribution in [2.45, 2.75) is 32.9 Å². The Morgan fingerprint density at radius 2 is 2.50 bits per heavy atom. The average molecular weight is 223 g/mol. The number of carbonyl (C=O) groups is 1. The maximum atomic E-state index is 11.9. The minimum atomic E-state index is -0.0194. The molecular formula is C11H17N3O2. The zero-order chi connectivity index (χ0) is 11.5. The fourth-order valence-corrected chi connectivity index (χ4v) is 2.01. The highest BCUT2D eigenvalue weighted by molar-refractivity contribution is 5.83. The number of likely N-dealkylation sites (N-methyl/N-ethyl adjacent to an activating group) is 1. The molecule has 1 fully saturated rings. The fourth-order valence-electron chi connectivity index (χ4n) is 2.01. The molecular weight excluding hydrogens is 206 g/mol. The first-order valence-corrected chi connectivity index (χ1v) is 5.65. The molecule has 1 amide bonds. The number of nitrogens with one attached hydrogen (secondary N) is 1. The van der Waals surface area contributed by atoms with E-state index in [0.717, 1.165) is 31.0 Å². The molecule has 0 spiro atoms. The van der Waals surface area contributed by atoms with Gasteiger partial charge in [-0.05, 0) is 19.9 Å². The number of aryl methyl sites for hydroxylation is 1. The fraction of sp³-hybridized carbons (Fsp3) is 0.636. The lowest BCUT2D eigenvalue weighted by molar-refractivity contribution is -0.130. The Bertz CT molecular complexity index is 375. The van der Waals surface area contributed by atoms with Crippen LogP contribution in [0, 0.1) is 6.92 Å². The molecule has 16 heavy (non-hydrogen) atoms. The van der Waals surface area contributed by atoms with Crippen molar-refractivity contribution in [3.8, 4) is 0 Å². The number of aromatic nitrogens is 1. The van der Waals surface area contributed by atoms with Crippen molar-refractivity contribution in [2.75, 3.05) is 13.1 Å². The van der Waals surface area contributed by atoms with Crippen molar-refractivity contribution in [2.24, 2.45) is 0 Å². The van der Waals surface area contributed by atoms with Crippen LogP contribution in [0.2, 0.25) is 0 Å². The van der Waals surface area contributed by atoms with Crippen molar-refractivity contribution in [1.82, 2.24) is 15.4 Å². The van der Waals surface area contributed by atoms with Gasteiger partial charge in [-0.25, -0.2) is 0 Å². The lowest BCUT2D eigenvalue weighted by atomic mass is 10.2. The molecule has 1 unspecified atom stereocenters. The van der Waals surface area contributed by atoms with Crippen LogP contribution in [0.25, 0.3) is 0 Å². The van der Waals surface area contributed by atoms with Crippen LogP contribution in [0.3, 0.4) is 0 Å². The number of carbonyl (C=O) groups excluding carboxylic acids is 1. The Balaban J connectivity index is 1.94. The second-order valence-electron chi connectivity index (χ2n) is 4.09. The van der Waals surface area contributed by atoms with Crippen molar-refractivity contribution in [1.29, 1.82) is 0 Å². The first-order chi connectivity index (χ1) is 7.70. The summed E-state index contributed by atoms with van der Waals surface area (Å²) in [6.45, 7) is 6.03. The van der Waals surface area contributed by atoms with Crippen LogP contribution in [-0.2, 0) is 11.3 Å². The summed E-state index contributed by atoms with van der Waals surface area (Å²) in [7, 11) is 0. The van der Waals surface area contributed by atoms with E-state index >= 15 is 0 Å². The number of hydrogen-bond donors (Lipinski definition) is 1. The summed E-state index contributed by atoms with van der Waals surface area (Å²) in [5.41, 5.74) is 0.852. The summed E-state index contributed by atoms with van der Waals surface area (Å²) in [4.78, 5) is 13.7. The summed E-state index contributed by atoms with van der Waals surface area (Å²) in [5, 5.41) is 6.99. The molecule has 1 saturated heterocycles. The summed E-state index contributed by atoms with van der Waals surface area (Å²) in [6.07, 6.45) is 0.875. The maximum absolute atomic E-state index is 11.9. The normalized spacial score (nSPS) is 20.8. The molecule has 1 aromatic heterocycles. The van der Waals surface area contributed by atoms with Gasteiger partial charge in [-0.3, -0.25) is 4.79 Å².